The lowest BCUT2D eigenvalue weighted by Crippen LogP contribution is -2.50. The fraction of sp³-hybridized carbons (Fsp3) is 0.467. The molecule has 7 nitrogen and oxygen atoms in total. The number of aryl methyl sites for hydroxylation is 2. The molecular weight excluding hydrogens is 320 g/mol. The summed E-state index contributed by atoms with van der Waals surface area (Å²) < 4.78 is 11.1. The molecule has 0 aliphatic carbocycles. The van der Waals surface area contributed by atoms with Gasteiger partial charge in [0.25, 0.3) is 0 Å². The van der Waals surface area contributed by atoms with E-state index in [1.54, 1.807) is 18.5 Å². The number of pyridine rings is 1. The van der Waals surface area contributed by atoms with Crippen LogP contribution in [0.25, 0.3) is 11.1 Å². The van der Waals surface area contributed by atoms with E-state index in [0.717, 1.165) is 16.8 Å². The van der Waals surface area contributed by atoms with Gasteiger partial charge in [-0.25, -0.2) is 0 Å². The van der Waals surface area contributed by atoms with E-state index in [0.29, 0.717) is 11.5 Å². The molecule has 0 saturated carbocycles. The molecule has 0 radical (unpaired) electrons. The third kappa shape index (κ3) is 3.07. The van der Waals surface area contributed by atoms with E-state index in [4.69, 9.17) is 9.26 Å². The van der Waals surface area contributed by atoms with Crippen LogP contribution in [0.15, 0.2) is 23.0 Å². The summed E-state index contributed by atoms with van der Waals surface area (Å²) in [5, 5.41) is 33.4. The first-order chi connectivity index (χ1) is 11.0. The molecule has 0 unspecified atom stereocenters. The van der Waals surface area contributed by atoms with Crippen molar-refractivity contribution >= 4 is 11.8 Å². The van der Waals surface area contributed by atoms with Crippen LogP contribution in [0.2, 0.25) is 0 Å². The number of aliphatic hydroxyl groups is 3. The first-order valence-electron chi connectivity index (χ1n) is 7.18. The Balaban J connectivity index is 1.90. The standard InChI is InChI=1S/C15H18N2O5S/c1-7-12(8(2)22-17-7)9-3-4-16-5-11(9)21-15-14(20)13(19)10(18)6-23-15/h3-5,10,13-15,18-20H,6H2,1-2H3/t10-,13+,14-,15+/m1/s1. The van der Waals surface area contributed by atoms with Crippen LogP contribution in [-0.2, 0) is 0 Å². The molecule has 0 aromatic carbocycles. The van der Waals surface area contributed by atoms with Crippen molar-refractivity contribution in [3.63, 3.8) is 0 Å². The number of rotatable bonds is 3. The molecule has 23 heavy (non-hydrogen) atoms. The van der Waals surface area contributed by atoms with Crippen molar-refractivity contribution in [1.82, 2.24) is 10.1 Å². The molecule has 1 fully saturated rings. The topological polar surface area (TPSA) is 109 Å². The molecule has 3 heterocycles. The fourth-order valence-electron chi connectivity index (χ4n) is 2.56. The highest BCUT2D eigenvalue weighted by molar-refractivity contribution is 7.99. The number of hydrogen-bond acceptors (Lipinski definition) is 8. The van der Waals surface area contributed by atoms with Gasteiger partial charge in [0.2, 0.25) is 0 Å². The fourth-order valence-corrected chi connectivity index (χ4v) is 3.67. The Bertz CT molecular complexity index is 673. The number of hydrogen-bond donors (Lipinski definition) is 3. The van der Waals surface area contributed by atoms with E-state index in [9.17, 15) is 15.3 Å². The second-order valence-electron chi connectivity index (χ2n) is 5.44. The van der Waals surface area contributed by atoms with Crippen molar-refractivity contribution in [3.8, 4) is 16.9 Å². The van der Waals surface area contributed by atoms with E-state index in [2.05, 4.69) is 10.1 Å². The zero-order chi connectivity index (χ0) is 16.6. The molecule has 2 aromatic rings. The summed E-state index contributed by atoms with van der Waals surface area (Å²) in [6.07, 6.45) is -0.212. The molecule has 0 bridgehead atoms. The molecule has 3 N–H and O–H groups in total. The SMILES string of the molecule is Cc1noc(C)c1-c1ccncc1O[C@H]1SC[C@@H](O)[C@H](O)[C@H]1O. The molecule has 1 aliphatic rings. The summed E-state index contributed by atoms with van der Waals surface area (Å²) in [4.78, 5) is 4.06. The molecule has 3 rings (SSSR count). The monoisotopic (exact) mass is 338 g/mol. The zero-order valence-electron chi connectivity index (χ0n) is 12.7. The average Bonchev–Trinajstić information content (AvgIpc) is 2.87. The Morgan fingerprint density at radius 3 is 2.74 bits per heavy atom. The Morgan fingerprint density at radius 2 is 2.04 bits per heavy atom. The molecule has 2 aromatic heterocycles. The Labute approximate surface area is 137 Å². The van der Waals surface area contributed by atoms with Gasteiger partial charge in [-0.15, -0.1) is 11.8 Å². The van der Waals surface area contributed by atoms with Crippen LogP contribution in [0, 0.1) is 13.8 Å². The Kier molecular flexibility index (Phi) is 4.58. The van der Waals surface area contributed by atoms with Gasteiger partial charge in [0.1, 0.15) is 23.7 Å². The largest absolute Gasteiger partial charge is 0.475 e. The van der Waals surface area contributed by atoms with Crippen molar-refractivity contribution in [3.05, 3.63) is 29.9 Å². The van der Waals surface area contributed by atoms with E-state index in [-0.39, 0.29) is 5.75 Å². The molecule has 1 aliphatic heterocycles. The lowest BCUT2D eigenvalue weighted by Gasteiger charge is -2.34. The van der Waals surface area contributed by atoms with Crippen LogP contribution < -0.4 is 4.74 Å². The highest BCUT2D eigenvalue weighted by Crippen LogP contribution is 2.37. The normalized spacial score (nSPS) is 27.9. The predicted molar refractivity (Wildman–Crippen MR) is 84.1 cm³/mol. The Morgan fingerprint density at radius 1 is 1.26 bits per heavy atom. The second-order valence-corrected chi connectivity index (χ2v) is 6.57. The van der Waals surface area contributed by atoms with Gasteiger partial charge in [-0.05, 0) is 19.9 Å². The van der Waals surface area contributed by atoms with Crippen LogP contribution in [0.1, 0.15) is 11.5 Å². The highest BCUT2D eigenvalue weighted by atomic mass is 32.2. The number of aliphatic hydroxyl groups excluding tert-OH is 3. The van der Waals surface area contributed by atoms with E-state index < -0.39 is 23.7 Å². The van der Waals surface area contributed by atoms with Crippen molar-refractivity contribution in [2.75, 3.05) is 5.75 Å². The van der Waals surface area contributed by atoms with Gasteiger partial charge < -0.3 is 24.6 Å². The quantitative estimate of drug-likeness (QED) is 0.757. The Hall–Kier alpha value is -1.61. The van der Waals surface area contributed by atoms with Crippen LogP contribution in [0.3, 0.4) is 0 Å². The molecular formula is C15H18N2O5S. The molecule has 0 amide bonds. The van der Waals surface area contributed by atoms with E-state index in [1.165, 1.54) is 11.8 Å². The predicted octanol–water partition coefficient (Wildman–Crippen LogP) is 0.888. The van der Waals surface area contributed by atoms with Crippen molar-refractivity contribution in [2.24, 2.45) is 0 Å². The first kappa shape index (κ1) is 16.3. The van der Waals surface area contributed by atoms with Crippen molar-refractivity contribution < 1.29 is 24.6 Å². The van der Waals surface area contributed by atoms with Crippen LogP contribution >= 0.6 is 11.8 Å². The summed E-state index contributed by atoms with van der Waals surface area (Å²) in [7, 11) is 0. The third-order valence-electron chi connectivity index (χ3n) is 3.78. The summed E-state index contributed by atoms with van der Waals surface area (Å²) >= 11 is 1.24. The van der Waals surface area contributed by atoms with Crippen LogP contribution in [0.5, 0.6) is 5.75 Å². The number of nitrogens with zero attached hydrogens (tertiary/aromatic N) is 2. The van der Waals surface area contributed by atoms with Crippen LogP contribution in [0.4, 0.5) is 0 Å². The maximum atomic E-state index is 10.1. The van der Waals surface area contributed by atoms with Crippen molar-refractivity contribution in [1.29, 1.82) is 0 Å². The van der Waals surface area contributed by atoms with Gasteiger partial charge in [-0.3, -0.25) is 4.98 Å². The van der Waals surface area contributed by atoms with Gasteiger partial charge >= 0.3 is 0 Å². The first-order valence-corrected chi connectivity index (χ1v) is 8.23. The minimum Gasteiger partial charge on any atom is -0.475 e. The van der Waals surface area contributed by atoms with Crippen LogP contribution in [-0.4, -0.2) is 55.0 Å². The van der Waals surface area contributed by atoms with Gasteiger partial charge in [-0.1, -0.05) is 5.16 Å². The van der Waals surface area contributed by atoms with Crippen molar-refractivity contribution in [2.45, 2.75) is 37.6 Å². The van der Waals surface area contributed by atoms with Gasteiger partial charge in [0.05, 0.1) is 23.6 Å². The lowest BCUT2D eigenvalue weighted by atomic mass is 10.0. The second kappa shape index (κ2) is 6.48. The summed E-state index contributed by atoms with van der Waals surface area (Å²) in [5.41, 5.74) is 1.60. The summed E-state index contributed by atoms with van der Waals surface area (Å²) in [6.45, 7) is 3.64. The molecule has 8 heteroatoms. The van der Waals surface area contributed by atoms with Gasteiger partial charge in [-0.2, -0.15) is 0 Å². The smallest absolute Gasteiger partial charge is 0.173 e. The molecule has 4 atom stereocenters. The maximum Gasteiger partial charge on any atom is 0.173 e. The number of ether oxygens (including phenoxy) is 1. The van der Waals surface area contributed by atoms with Gasteiger partial charge in [0, 0.05) is 17.5 Å². The molecule has 1 saturated heterocycles. The molecule has 124 valence electrons. The number of thioether (sulfide) groups is 1. The lowest BCUT2D eigenvalue weighted by molar-refractivity contribution is -0.0785. The van der Waals surface area contributed by atoms with E-state index in [1.807, 2.05) is 13.8 Å². The average molecular weight is 338 g/mol. The highest BCUT2D eigenvalue weighted by Gasteiger charge is 2.39. The minimum atomic E-state index is -1.24. The molecule has 0 spiro atoms. The minimum absolute atomic E-state index is 0.282. The zero-order valence-corrected chi connectivity index (χ0v) is 13.5. The summed E-state index contributed by atoms with van der Waals surface area (Å²) in [5.74, 6) is 1.40. The van der Waals surface area contributed by atoms with Gasteiger partial charge in [0.15, 0.2) is 5.44 Å². The van der Waals surface area contributed by atoms with E-state index >= 15 is 0 Å². The summed E-state index contributed by atoms with van der Waals surface area (Å²) in [6, 6.07) is 1.78. The maximum absolute atomic E-state index is 10.1. The third-order valence-corrected chi connectivity index (χ3v) is 5.02. The number of aromatic nitrogens is 2.